The fourth-order valence-corrected chi connectivity index (χ4v) is 2.22. The number of Topliss-reactive ketones (excluding diaryl/α,β-unsaturated/α-hetero) is 2. The summed E-state index contributed by atoms with van der Waals surface area (Å²) in [5.74, 6) is -0.354. The number of carbonyl (C=O) groups excluding carboxylic acids is 2. The van der Waals surface area contributed by atoms with Gasteiger partial charge in [-0.3, -0.25) is 9.59 Å². The van der Waals surface area contributed by atoms with E-state index >= 15 is 0 Å². The maximum atomic E-state index is 11.5. The molecule has 2 aliphatic carbocycles. The quantitative estimate of drug-likeness (QED) is 0.642. The number of ketones is 2. The van der Waals surface area contributed by atoms with E-state index < -0.39 is 0 Å². The summed E-state index contributed by atoms with van der Waals surface area (Å²) in [5, 5.41) is 0. The fraction of sp³-hybridized carbons (Fsp3) is 0.467. The summed E-state index contributed by atoms with van der Waals surface area (Å²) in [6.45, 7) is 0. The van der Waals surface area contributed by atoms with Crippen molar-refractivity contribution in [2.45, 2.75) is 44.9 Å². The Kier molecular flexibility index (Phi) is 4.08. The smallest absolute Gasteiger partial charge is 0.198 e. The fourth-order valence-electron chi connectivity index (χ4n) is 2.22. The molecule has 1 aromatic rings. The first-order chi connectivity index (χ1) is 8.25. The number of hydrogen-bond acceptors (Lipinski definition) is 2. The SMILES string of the molecule is O=C1CCCCc2ccc(cc2)CCCC1=O. The number of rotatable bonds is 0. The lowest BCUT2D eigenvalue weighted by atomic mass is 10.0. The Morgan fingerprint density at radius 1 is 0.588 bits per heavy atom. The highest BCUT2D eigenvalue weighted by atomic mass is 16.2. The van der Waals surface area contributed by atoms with Crippen molar-refractivity contribution in [2.75, 3.05) is 0 Å². The van der Waals surface area contributed by atoms with Crippen molar-refractivity contribution in [3.05, 3.63) is 35.4 Å². The average molecular weight is 230 g/mol. The van der Waals surface area contributed by atoms with Crippen LogP contribution in [0.25, 0.3) is 0 Å². The predicted molar refractivity (Wildman–Crippen MR) is 66.9 cm³/mol. The zero-order chi connectivity index (χ0) is 12.1. The zero-order valence-electron chi connectivity index (χ0n) is 10.1. The van der Waals surface area contributed by atoms with Gasteiger partial charge in [-0.2, -0.15) is 0 Å². The molecule has 17 heavy (non-hydrogen) atoms. The van der Waals surface area contributed by atoms with Gasteiger partial charge in [-0.25, -0.2) is 0 Å². The molecule has 2 nitrogen and oxygen atoms in total. The highest BCUT2D eigenvalue weighted by Crippen LogP contribution is 2.13. The second kappa shape index (κ2) is 5.76. The Labute approximate surface area is 102 Å². The minimum absolute atomic E-state index is 0.174. The summed E-state index contributed by atoms with van der Waals surface area (Å²) in [7, 11) is 0. The molecule has 0 spiro atoms. The molecule has 0 fully saturated rings. The molecule has 3 rings (SSSR count). The molecule has 0 N–H and O–H groups in total. The Balaban J connectivity index is 2.06. The van der Waals surface area contributed by atoms with E-state index in [-0.39, 0.29) is 11.6 Å². The third-order valence-electron chi connectivity index (χ3n) is 3.32. The van der Waals surface area contributed by atoms with Crippen LogP contribution in [0.15, 0.2) is 24.3 Å². The minimum atomic E-state index is -0.181. The van der Waals surface area contributed by atoms with Crippen molar-refractivity contribution in [3.63, 3.8) is 0 Å². The molecule has 2 bridgehead atoms. The van der Waals surface area contributed by atoms with Crippen LogP contribution in [0.5, 0.6) is 0 Å². The molecule has 90 valence electrons. The van der Waals surface area contributed by atoms with Crippen LogP contribution >= 0.6 is 0 Å². The molecule has 0 aromatic heterocycles. The van der Waals surface area contributed by atoms with Crippen LogP contribution in [0.4, 0.5) is 0 Å². The molecule has 2 aliphatic rings. The summed E-state index contributed by atoms with van der Waals surface area (Å²) < 4.78 is 0. The largest absolute Gasteiger partial charge is 0.291 e. The number of fused-ring (bicyclic) bond motifs is 10. The summed E-state index contributed by atoms with van der Waals surface area (Å²) in [6.07, 6.45) is 5.31. The van der Waals surface area contributed by atoms with Crippen molar-refractivity contribution < 1.29 is 9.59 Å². The molecule has 0 aliphatic heterocycles. The van der Waals surface area contributed by atoms with E-state index in [0.717, 1.165) is 32.1 Å². The molecule has 0 amide bonds. The highest BCUT2D eigenvalue weighted by molar-refractivity contribution is 6.37. The molecule has 0 saturated carbocycles. The van der Waals surface area contributed by atoms with E-state index in [1.807, 2.05) is 0 Å². The van der Waals surface area contributed by atoms with Gasteiger partial charge >= 0.3 is 0 Å². The number of carbonyl (C=O) groups is 2. The number of hydrogen-bond donors (Lipinski definition) is 0. The van der Waals surface area contributed by atoms with E-state index in [1.165, 1.54) is 11.1 Å². The highest BCUT2D eigenvalue weighted by Gasteiger charge is 2.13. The van der Waals surface area contributed by atoms with E-state index in [0.29, 0.717) is 12.8 Å². The van der Waals surface area contributed by atoms with Gasteiger partial charge in [0, 0.05) is 12.8 Å². The van der Waals surface area contributed by atoms with E-state index in [4.69, 9.17) is 0 Å². The van der Waals surface area contributed by atoms with Gasteiger partial charge in [-0.05, 0) is 43.2 Å². The first kappa shape index (κ1) is 12.0. The normalized spacial score (nSPS) is 18.4. The summed E-state index contributed by atoms with van der Waals surface area (Å²) in [5.41, 5.74) is 2.58. The second-order valence-corrected chi connectivity index (χ2v) is 4.72. The van der Waals surface area contributed by atoms with Gasteiger partial charge in [0.2, 0.25) is 0 Å². The summed E-state index contributed by atoms with van der Waals surface area (Å²) >= 11 is 0. The Morgan fingerprint density at radius 3 is 1.59 bits per heavy atom. The zero-order valence-corrected chi connectivity index (χ0v) is 10.1. The topological polar surface area (TPSA) is 34.1 Å². The van der Waals surface area contributed by atoms with Gasteiger partial charge < -0.3 is 0 Å². The lowest BCUT2D eigenvalue weighted by molar-refractivity contribution is -0.136. The van der Waals surface area contributed by atoms with E-state index in [1.54, 1.807) is 0 Å². The van der Waals surface area contributed by atoms with Gasteiger partial charge in [-0.1, -0.05) is 24.3 Å². The van der Waals surface area contributed by atoms with Crippen LogP contribution in [0, 0.1) is 0 Å². The number of aryl methyl sites for hydroxylation is 2. The average Bonchev–Trinajstić information content (AvgIpc) is 2.37. The molecule has 0 heterocycles. The van der Waals surface area contributed by atoms with Gasteiger partial charge in [-0.15, -0.1) is 0 Å². The molecule has 0 atom stereocenters. The predicted octanol–water partition coefficient (Wildman–Crippen LogP) is 2.87. The van der Waals surface area contributed by atoms with E-state index in [9.17, 15) is 9.59 Å². The van der Waals surface area contributed by atoms with Crippen LogP contribution in [0.1, 0.15) is 43.2 Å². The second-order valence-electron chi connectivity index (χ2n) is 4.72. The molecular formula is C15H18O2. The lowest BCUT2D eigenvalue weighted by Gasteiger charge is -2.02. The maximum Gasteiger partial charge on any atom is 0.198 e. The first-order valence-corrected chi connectivity index (χ1v) is 6.39. The van der Waals surface area contributed by atoms with Crippen LogP contribution in [0.3, 0.4) is 0 Å². The number of benzene rings is 1. The summed E-state index contributed by atoms with van der Waals surface area (Å²) in [6, 6.07) is 8.60. The van der Waals surface area contributed by atoms with Gasteiger partial charge in [0.05, 0.1) is 0 Å². The van der Waals surface area contributed by atoms with Crippen molar-refractivity contribution in [1.82, 2.24) is 0 Å². The van der Waals surface area contributed by atoms with Crippen molar-refractivity contribution in [3.8, 4) is 0 Å². The van der Waals surface area contributed by atoms with Gasteiger partial charge in [0.15, 0.2) is 11.6 Å². The van der Waals surface area contributed by atoms with Crippen molar-refractivity contribution in [1.29, 1.82) is 0 Å². The molecule has 1 aromatic carbocycles. The molecule has 0 radical (unpaired) electrons. The third-order valence-corrected chi connectivity index (χ3v) is 3.32. The van der Waals surface area contributed by atoms with Crippen LogP contribution in [-0.4, -0.2) is 11.6 Å². The van der Waals surface area contributed by atoms with Gasteiger partial charge in [0.25, 0.3) is 0 Å². The molecule has 0 unspecified atom stereocenters. The summed E-state index contributed by atoms with van der Waals surface area (Å²) in [4.78, 5) is 23.0. The first-order valence-electron chi connectivity index (χ1n) is 6.39. The lowest BCUT2D eigenvalue weighted by Crippen LogP contribution is -2.13. The van der Waals surface area contributed by atoms with Crippen molar-refractivity contribution in [2.24, 2.45) is 0 Å². The molecule has 2 heteroatoms. The minimum Gasteiger partial charge on any atom is -0.291 e. The Bertz CT molecular complexity index is 403. The van der Waals surface area contributed by atoms with E-state index in [2.05, 4.69) is 24.3 Å². The molecular weight excluding hydrogens is 212 g/mol. The Hall–Kier alpha value is -1.44. The van der Waals surface area contributed by atoms with Crippen molar-refractivity contribution >= 4 is 11.6 Å². The third kappa shape index (κ3) is 3.52. The Morgan fingerprint density at radius 2 is 1.00 bits per heavy atom. The van der Waals surface area contributed by atoms with Gasteiger partial charge in [0.1, 0.15) is 0 Å². The van der Waals surface area contributed by atoms with Crippen LogP contribution in [-0.2, 0) is 22.4 Å². The monoisotopic (exact) mass is 230 g/mol. The standard InChI is InChI=1S/C15H18O2/c16-14-6-2-1-4-12-8-10-13(11-9-12)5-3-7-15(14)17/h8-11H,1-7H2. The molecule has 0 saturated heterocycles. The van der Waals surface area contributed by atoms with Crippen LogP contribution in [0.2, 0.25) is 0 Å². The van der Waals surface area contributed by atoms with Crippen LogP contribution < -0.4 is 0 Å². The maximum absolute atomic E-state index is 11.5.